The molecule has 1 saturated carbocycles. The lowest BCUT2D eigenvalue weighted by atomic mass is 9.90. The molecule has 1 aliphatic carbocycles. The highest BCUT2D eigenvalue weighted by Crippen LogP contribution is 2.45. The van der Waals surface area contributed by atoms with E-state index in [0.29, 0.717) is 12.3 Å². The molecule has 0 amide bonds. The molecule has 2 aliphatic rings. The second-order valence-electron chi connectivity index (χ2n) is 7.32. The van der Waals surface area contributed by atoms with Crippen LogP contribution in [-0.4, -0.2) is 32.8 Å². The fraction of sp³-hybridized carbons (Fsp3) is 0.632. The van der Waals surface area contributed by atoms with Crippen molar-refractivity contribution in [2.45, 2.75) is 38.5 Å². The molecule has 1 aromatic carbocycles. The summed E-state index contributed by atoms with van der Waals surface area (Å²) in [6, 6.07) is 8.26. The molecule has 23 heavy (non-hydrogen) atoms. The fourth-order valence-electron chi connectivity index (χ4n) is 3.40. The Hall–Kier alpha value is -1.55. The maximum atomic E-state index is 11.7. The smallest absolute Gasteiger partial charge is 0.306 e. The number of rotatable bonds is 7. The maximum absolute atomic E-state index is 11.7. The van der Waals surface area contributed by atoms with Crippen molar-refractivity contribution in [3.8, 4) is 5.75 Å². The van der Waals surface area contributed by atoms with E-state index in [1.54, 1.807) is 0 Å². The molecule has 0 spiro atoms. The van der Waals surface area contributed by atoms with Gasteiger partial charge in [-0.05, 0) is 55.3 Å². The van der Waals surface area contributed by atoms with Crippen molar-refractivity contribution in [3.63, 3.8) is 0 Å². The number of hydrogen-bond donors (Lipinski definition) is 1. The summed E-state index contributed by atoms with van der Waals surface area (Å²) in [5, 5.41) is 3.40. The molecule has 1 aliphatic heterocycles. The summed E-state index contributed by atoms with van der Waals surface area (Å²) < 4.78 is 10.9. The second-order valence-corrected chi connectivity index (χ2v) is 7.32. The normalized spacial score (nSPS) is 25.1. The Morgan fingerprint density at radius 3 is 2.91 bits per heavy atom. The van der Waals surface area contributed by atoms with E-state index >= 15 is 0 Å². The van der Waals surface area contributed by atoms with Crippen LogP contribution in [0.5, 0.6) is 5.75 Å². The quantitative estimate of drug-likeness (QED) is 0.785. The van der Waals surface area contributed by atoms with Gasteiger partial charge in [-0.25, -0.2) is 0 Å². The van der Waals surface area contributed by atoms with Gasteiger partial charge in [-0.15, -0.1) is 0 Å². The summed E-state index contributed by atoms with van der Waals surface area (Å²) in [6.45, 7) is 5.08. The SMILES string of the molecule is COC(=O)CC(c1cccc(OCC2(C)CCNC2)c1)C1CC1. The van der Waals surface area contributed by atoms with E-state index in [9.17, 15) is 4.79 Å². The fourth-order valence-corrected chi connectivity index (χ4v) is 3.40. The highest BCUT2D eigenvalue weighted by Gasteiger charge is 2.34. The van der Waals surface area contributed by atoms with Gasteiger partial charge in [0.1, 0.15) is 5.75 Å². The Kier molecular flexibility index (Phi) is 4.90. The average Bonchev–Trinajstić information content (AvgIpc) is 3.32. The van der Waals surface area contributed by atoms with E-state index in [4.69, 9.17) is 9.47 Å². The van der Waals surface area contributed by atoms with Crippen LogP contribution in [0.25, 0.3) is 0 Å². The molecule has 3 rings (SSSR count). The predicted octanol–water partition coefficient (Wildman–Crippen LogP) is 3.12. The van der Waals surface area contributed by atoms with Crippen LogP contribution >= 0.6 is 0 Å². The van der Waals surface area contributed by atoms with Crippen molar-refractivity contribution in [3.05, 3.63) is 29.8 Å². The topological polar surface area (TPSA) is 47.6 Å². The van der Waals surface area contributed by atoms with Crippen LogP contribution < -0.4 is 10.1 Å². The Labute approximate surface area is 138 Å². The molecule has 1 heterocycles. The van der Waals surface area contributed by atoms with Gasteiger partial charge in [0.25, 0.3) is 0 Å². The number of carbonyl (C=O) groups is 1. The van der Waals surface area contributed by atoms with Gasteiger partial charge < -0.3 is 14.8 Å². The minimum Gasteiger partial charge on any atom is -0.493 e. The minimum absolute atomic E-state index is 0.127. The molecule has 0 bridgehead atoms. The van der Waals surface area contributed by atoms with Gasteiger partial charge in [-0.2, -0.15) is 0 Å². The predicted molar refractivity (Wildman–Crippen MR) is 89.6 cm³/mol. The number of methoxy groups -OCH3 is 1. The number of nitrogens with one attached hydrogen (secondary N) is 1. The number of esters is 1. The Morgan fingerprint density at radius 2 is 2.26 bits per heavy atom. The van der Waals surface area contributed by atoms with Crippen LogP contribution in [-0.2, 0) is 9.53 Å². The van der Waals surface area contributed by atoms with Crippen molar-refractivity contribution in [1.82, 2.24) is 5.32 Å². The van der Waals surface area contributed by atoms with E-state index in [2.05, 4.69) is 24.4 Å². The Bertz CT molecular complexity index is 547. The third-order valence-corrected chi connectivity index (χ3v) is 5.14. The number of ether oxygens (including phenoxy) is 2. The highest BCUT2D eigenvalue weighted by atomic mass is 16.5. The molecule has 1 saturated heterocycles. The van der Waals surface area contributed by atoms with Crippen LogP contribution in [0.3, 0.4) is 0 Å². The molecule has 1 aromatic rings. The molecule has 4 heteroatoms. The summed E-state index contributed by atoms with van der Waals surface area (Å²) in [6.07, 6.45) is 4.03. The molecule has 4 nitrogen and oxygen atoms in total. The zero-order valence-electron chi connectivity index (χ0n) is 14.1. The lowest BCUT2D eigenvalue weighted by molar-refractivity contribution is -0.141. The number of carbonyl (C=O) groups excluding carboxylic acids is 1. The summed E-state index contributed by atoms with van der Waals surface area (Å²) in [5.41, 5.74) is 1.42. The van der Waals surface area contributed by atoms with Gasteiger partial charge in [0.2, 0.25) is 0 Å². The zero-order chi connectivity index (χ0) is 16.3. The second kappa shape index (κ2) is 6.91. The van der Waals surface area contributed by atoms with Gasteiger partial charge in [0, 0.05) is 12.0 Å². The van der Waals surface area contributed by atoms with E-state index in [1.165, 1.54) is 25.5 Å². The molecule has 2 atom stereocenters. The lowest BCUT2D eigenvalue weighted by Gasteiger charge is -2.23. The van der Waals surface area contributed by atoms with E-state index in [-0.39, 0.29) is 17.3 Å². The van der Waals surface area contributed by atoms with Crippen molar-refractivity contribution >= 4 is 5.97 Å². The van der Waals surface area contributed by atoms with Crippen molar-refractivity contribution < 1.29 is 14.3 Å². The van der Waals surface area contributed by atoms with Crippen LogP contribution in [0.15, 0.2) is 24.3 Å². The van der Waals surface area contributed by atoms with Gasteiger partial charge in [0.05, 0.1) is 20.1 Å². The van der Waals surface area contributed by atoms with E-state index < -0.39 is 0 Å². The minimum atomic E-state index is -0.127. The van der Waals surface area contributed by atoms with Crippen molar-refractivity contribution in [2.24, 2.45) is 11.3 Å². The summed E-state index contributed by atoms with van der Waals surface area (Å²) in [5.74, 6) is 1.65. The number of benzene rings is 1. The van der Waals surface area contributed by atoms with E-state index in [0.717, 1.165) is 31.9 Å². The Balaban J connectivity index is 1.66. The zero-order valence-corrected chi connectivity index (χ0v) is 14.1. The lowest BCUT2D eigenvalue weighted by Crippen LogP contribution is -2.27. The van der Waals surface area contributed by atoms with E-state index in [1.807, 2.05) is 12.1 Å². The first-order valence-electron chi connectivity index (χ1n) is 8.60. The molecular weight excluding hydrogens is 290 g/mol. The molecule has 1 N–H and O–H groups in total. The standard InChI is InChI=1S/C19H27NO3/c1-19(8-9-20-12-19)13-23-16-5-3-4-15(10-16)17(14-6-7-14)11-18(21)22-2/h3-5,10,14,17,20H,6-9,11-13H2,1-2H3. The molecule has 0 aromatic heterocycles. The molecule has 2 unspecified atom stereocenters. The summed E-state index contributed by atoms with van der Waals surface area (Å²) in [7, 11) is 1.46. The summed E-state index contributed by atoms with van der Waals surface area (Å²) in [4.78, 5) is 11.7. The van der Waals surface area contributed by atoms with Gasteiger partial charge >= 0.3 is 5.97 Å². The third kappa shape index (κ3) is 4.25. The average molecular weight is 317 g/mol. The van der Waals surface area contributed by atoms with Gasteiger partial charge in [0.15, 0.2) is 0 Å². The summed E-state index contributed by atoms with van der Waals surface area (Å²) >= 11 is 0. The van der Waals surface area contributed by atoms with Crippen molar-refractivity contribution in [2.75, 3.05) is 26.8 Å². The van der Waals surface area contributed by atoms with Crippen LogP contribution in [0, 0.1) is 11.3 Å². The number of hydrogen-bond acceptors (Lipinski definition) is 4. The van der Waals surface area contributed by atoms with Crippen LogP contribution in [0.2, 0.25) is 0 Å². The monoisotopic (exact) mass is 317 g/mol. The van der Waals surface area contributed by atoms with Crippen molar-refractivity contribution in [1.29, 1.82) is 0 Å². The van der Waals surface area contributed by atoms with Gasteiger partial charge in [-0.1, -0.05) is 19.1 Å². The maximum Gasteiger partial charge on any atom is 0.306 e. The Morgan fingerprint density at radius 1 is 1.43 bits per heavy atom. The first-order valence-corrected chi connectivity index (χ1v) is 8.60. The van der Waals surface area contributed by atoms with Gasteiger partial charge in [-0.3, -0.25) is 4.79 Å². The van der Waals surface area contributed by atoms with Crippen LogP contribution in [0.4, 0.5) is 0 Å². The molecule has 126 valence electrons. The highest BCUT2D eigenvalue weighted by molar-refractivity contribution is 5.70. The first-order chi connectivity index (χ1) is 11.1. The third-order valence-electron chi connectivity index (χ3n) is 5.14. The van der Waals surface area contributed by atoms with Crippen LogP contribution in [0.1, 0.15) is 44.1 Å². The largest absolute Gasteiger partial charge is 0.493 e. The molecule has 2 fully saturated rings. The molecular formula is C19H27NO3. The molecule has 0 radical (unpaired) electrons. The first kappa shape index (κ1) is 16.3.